The number of benzene rings is 9. The first kappa shape index (κ1) is 30.5. The lowest BCUT2D eigenvalue weighted by Gasteiger charge is -2.21. The maximum atomic E-state index is 5.40. The van der Waals surface area contributed by atoms with E-state index < -0.39 is 0 Å². The fraction of sp³-hybridized carbons (Fsp3) is 0.0577. The predicted molar refractivity (Wildman–Crippen MR) is 230 cm³/mol. The standard InChI is InChI=1S/C52H33N3/c1-52(2)42-22-7-6-17-39(42)48-40(21-11-23-43(48)52)51-54-49(33-12-4-3-5-13-33)53-50(55-51)35-28-34-27-26-32-15-9-19-37-36-18-8-14-30-24-25-31-16-10-20-38(46(31)44(30)36)41(29-35)47(34)45(32)37/h3-29H,1-2H3. The van der Waals surface area contributed by atoms with Crippen molar-refractivity contribution in [2.24, 2.45) is 0 Å². The van der Waals surface area contributed by atoms with Crippen molar-refractivity contribution in [3.8, 4) is 45.3 Å². The molecule has 55 heavy (non-hydrogen) atoms. The zero-order valence-corrected chi connectivity index (χ0v) is 30.4. The third kappa shape index (κ3) is 4.24. The minimum absolute atomic E-state index is 0.136. The van der Waals surface area contributed by atoms with E-state index in [0.29, 0.717) is 17.5 Å². The van der Waals surface area contributed by atoms with Crippen LogP contribution in [0, 0.1) is 0 Å². The molecule has 0 aliphatic heterocycles. The molecule has 0 bridgehead atoms. The summed E-state index contributed by atoms with van der Waals surface area (Å²) in [6.45, 7) is 4.63. The van der Waals surface area contributed by atoms with Crippen molar-refractivity contribution in [3.05, 3.63) is 175 Å². The van der Waals surface area contributed by atoms with Gasteiger partial charge in [0, 0.05) is 22.1 Å². The summed E-state index contributed by atoms with van der Waals surface area (Å²) in [5.74, 6) is 2.00. The zero-order valence-electron chi connectivity index (χ0n) is 30.4. The molecule has 0 saturated carbocycles. The highest BCUT2D eigenvalue weighted by Crippen LogP contribution is 2.52. The minimum atomic E-state index is -0.136. The van der Waals surface area contributed by atoms with E-state index in [0.717, 1.165) is 22.1 Å². The first-order chi connectivity index (χ1) is 27.0. The number of aromatic nitrogens is 3. The summed E-state index contributed by atoms with van der Waals surface area (Å²) in [5, 5.41) is 14.9. The van der Waals surface area contributed by atoms with Crippen LogP contribution in [-0.2, 0) is 5.41 Å². The van der Waals surface area contributed by atoms with Crippen molar-refractivity contribution in [2.75, 3.05) is 0 Å². The van der Waals surface area contributed by atoms with Crippen LogP contribution in [0.4, 0.5) is 0 Å². The van der Waals surface area contributed by atoms with Gasteiger partial charge in [-0.2, -0.15) is 0 Å². The normalized spacial score (nSPS) is 13.4. The van der Waals surface area contributed by atoms with Crippen LogP contribution in [0.2, 0.25) is 0 Å². The van der Waals surface area contributed by atoms with Crippen LogP contribution >= 0.6 is 0 Å². The molecular weight excluding hydrogens is 667 g/mol. The van der Waals surface area contributed by atoms with Gasteiger partial charge in [-0.3, -0.25) is 0 Å². The van der Waals surface area contributed by atoms with Crippen LogP contribution in [0.25, 0.3) is 110 Å². The molecule has 0 saturated heterocycles. The number of fused-ring (bicyclic) bond motifs is 5. The maximum absolute atomic E-state index is 5.40. The molecule has 1 aromatic heterocycles. The molecule has 0 N–H and O–H groups in total. The van der Waals surface area contributed by atoms with Crippen molar-refractivity contribution in [3.63, 3.8) is 0 Å². The Morgan fingerprint density at radius 1 is 0.345 bits per heavy atom. The molecule has 0 atom stereocenters. The molecule has 0 spiro atoms. The Morgan fingerprint density at radius 2 is 0.836 bits per heavy atom. The predicted octanol–water partition coefficient (Wildman–Crippen LogP) is 13.5. The van der Waals surface area contributed by atoms with Gasteiger partial charge in [0.05, 0.1) is 0 Å². The number of hydrogen-bond donors (Lipinski definition) is 0. The largest absolute Gasteiger partial charge is 0.208 e. The van der Waals surface area contributed by atoms with Crippen LogP contribution in [0.3, 0.4) is 0 Å². The van der Waals surface area contributed by atoms with E-state index in [-0.39, 0.29) is 5.41 Å². The van der Waals surface area contributed by atoms with Gasteiger partial charge in [0.1, 0.15) is 0 Å². The summed E-state index contributed by atoms with van der Waals surface area (Å²) in [6.07, 6.45) is 0. The van der Waals surface area contributed by atoms with Gasteiger partial charge in [-0.25, -0.2) is 15.0 Å². The first-order valence-corrected chi connectivity index (χ1v) is 19.0. The van der Waals surface area contributed by atoms with Gasteiger partial charge in [-0.05, 0) is 99.0 Å². The number of rotatable bonds is 3. The van der Waals surface area contributed by atoms with Crippen LogP contribution in [0.5, 0.6) is 0 Å². The van der Waals surface area contributed by atoms with E-state index in [1.54, 1.807) is 0 Å². The average Bonchev–Trinajstić information content (AvgIpc) is 3.48. The summed E-state index contributed by atoms with van der Waals surface area (Å²) < 4.78 is 0. The SMILES string of the molecule is CC1(C)c2ccccc2-c2c(-c3nc(-c4ccccc4)nc(-c4cc5ccc6cccc7c8cccc9ccc%10cccc(c(c4)c5c67)c%10c98)n3)cccc21. The lowest BCUT2D eigenvalue weighted by molar-refractivity contribution is 0.660. The molecule has 256 valence electrons. The Balaban J connectivity index is 1.21. The minimum Gasteiger partial charge on any atom is -0.208 e. The second-order valence-electron chi connectivity index (χ2n) is 15.5. The van der Waals surface area contributed by atoms with Gasteiger partial charge in [0.2, 0.25) is 0 Å². The molecule has 0 unspecified atom stereocenters. The summed E-state index contributed by atoms with van der Waals surface area (Å²) in [4.78, 5) is 15.9. The maximum Gasteiger partial charge on any atom is 0.164 e. The molecule has 3 heteroatoms. The van der Waals surface area contributed by atoms with E-state index in [1.165, 1.54) is 81.5 Å². The average molecular weight is 700 g/mol. The molecule has 1 aliphatic carbocycles. The first-order valence-electron chi connectivity index (χ1n) is 19.0. The molecule has 1 aliphatic rings. The molecule has 0 radical (unpaired) electrons. The monoisotopic (exact) mass is 699 g/mol. The third-order valence-corrected chi connectivity index (χ3v) is 12.2. The highest BCUT2D eigenvalue weighted by atomic mass is 15.0. The topological polar surface area (TPSA) is 38.7 Å². The Kier molecular flexibility index (Phi) is 6.12. The molecule has 12 rings (SSSR count). The van der Waals surface area contributed by atoms with E-state index in [4.69, 9.17) is 15.0 Å². The van der Waals surface area contributed by atoms with Crippen LogP contribution in [-0.4, -0.2) is 15.0 Å². The third-order valence-electron chi connectivity index (χ3n) is 12.2. The lowest BCUT2D eigenvalue weighted by Crippen LogP contribution is -2.14. The second kappa shape index (κ2) is 11.0. The quantitative estimate of drug-likeness (QED) is 0.172. The fourth-order valence-corrected chi connectivity index (χ4v) is 9.70. The summed E-state index contributed by atoms with van der Waals surface area (Å²) in [7, 11) is 0. The van der Waals surface area contributed by atoms with Crippen LogP contribution < -0.4 is 0 Å². The van der Waals surface area contributed by atoms with Gasteiger partial charge in [0.15, 0.2) is 17.5 Å². The summed E-state index contributed by atoms with van der Waals surface area (Å²) in [6, 6.07) is 59.5. The van der Waals surface area contributed by atoms with Gasteiger partial charge in [-0.15, -0.1) is 0 Å². The van der Waals surface area contributed by atoms with Gasteiger partial charge < -0.3 is 0 Å². The van der Waals surface area contributed by atoms with E-state index in [9.17, 15) is 0 Å². The highest BCUT2D eigenvalue weighted by Gasteiger charge is 2.37. The summed E-state index contributed by atoms with van der Waals surface area (Å²) in [5.41, 5.74) is 7.88. The Hall–Kier alpha value is -6.97. The molecule has 10 aromatic carbocycles. The van der Waals surface area contributed by atoms with E-state index >= 15 is 0 Å². The number of nitrogens with zero attached hydrogens (tertiary/aromatic N) is 3. The molecule has 0 fully saturated rings. The van der Waals surface area contributed by atoms with Crippen molar-refractivity contribution >= 4 is 64.6 Å². The van der Waals surface area contributed by atoms with Crippen LogP contribution in [0.1, 0.15) is 25.0 Å². The smallest absolute Gasteiger partial charge is 0.164 e. The summed E-state index contributed by atoms with van der Waals surface area (Å²) >= 11 is 0. The van der Waals surface area contributed by atoms with Crippen molar-refractivity contribution in [1.82, 2.24) is 15.0 Å². The van der Waals surface area contributed by atoms with Crippen molar-refractivity contribution < 1.29 is 0 Å². The number of hydrogen-bond acceptors (Lipinski definition) is 3. The van der Waals surface area contributed by atoms with Gasteiger partial charge in [-0.1, -0.05) is 166 Å². The molecule has 11 aromatic rings. The van der Waals surface area contributed by atoms with E-state index in [2.05, 4.69) is 159 Å². The Labute approximate surface area is 317 Å². The highest BCUT2D eigenvalue weighted by molar-refractivity contribution is 6.37. The zero-order chi connectivity index (χ0) is 36.4. The molecule has 3 nitrogen and oxygen atoms in total. The van der Waals surface area contributed by atoms with Gasteiger partial charge >= 0.3 is 0 Å². The molecule has 0 amide bonds. The van der Waals surface area contributed by atoms with Crippen molar-refractivity contribution in [2.45, 2.75) is 19.3 Å². The van der Waals surface area contributed by atoms with E-state index in [1.807, 2.05) is 18.2 Å². The molecule has 1 heterocycles. The fourth-order valence-electron chi connectivity index (χ4n) is 9.70. The van der Waals surface area contributed by atoms with Crippen molar-refractivity contribution in [1.29, 1.82) is 0 Å². The lowest BCUT2D eigenvalue weighted by atomic mass is 9.82. The Bertz CT molecular complexity index is 3390. The molecular formula is C52H33N3. The van der Waals surface area contributed by atoms with Crippen LogP contribution in [0.15, 0.2) is 164 Å². The second-order valence-corrected chi connectivity index (χ2v) is 15.5. The Morgan fingerprint density at radius 3 is 1.51 bits per heavy atom. The van der Waals surface area contributed by atoms with Gasteiger partial charge in [0.25, 0.3) is 0 Å².